The molecule has 166 valence electrons. The van der Waals surface area contributed by atoms with Gasteiger partial charge in [-0.2, -0.15) is 5.26 Å². The largest absolute Gasteiger partial charge is 0.455 e. The van der Waals surface area contributed by atoms with Crippen LogP contribution in [0.4, 0.5) is 18.9 Å². The summed E-state index contributed by atoms with van der Waals surface area (Å²) in [5, 5.41) is 11.5. The molecule has 2 aromatic rings. The van der Waals surface area contributed by atoms with Crippen LogP contribution in [-0.4, -0.2) is 34.9 Å². The Hall–Kier alpha value is -3.61. The van der Waals surface area contributed by atoms with Gasteiger partial charge in [-0.3, -0.25) is 4.79 Å². The number of carbonyl (C=O) groups is 1. The third kappa shape index (κ3) is 3.64. The van der Waals surface area contributed by atoms with E-state index in [-0.39, 0.29) is 29.8 Å². The van der Waals surface area contributed by atoms with Gasteiger partial charge >= 0.3 is 0 Å². The average Bonchev–Trinajstić information content (AvgIpc) is 3.50. The second-order valence-electron chi connectivity index (χ2n) is 8.22. The van der Waals surface area contributed by atoms with Gasteiger partial charge in [0.1, 0.15) is 23.1 Å². The molecule has 1 amide bonds. The number of benzene rings is 1. The van der Waals surface area contributed by atoms with Crippen molar-refractivity contribution in [3.05, 3.63) is 58.7 Å². The van der Waals surface area contributed by atoms with Crippen molar-refractivity contribution in [2.45, 2.75) is 50.2 Å². The Bertz CT molecular complexity index is 1170. The van der Waals surface area contributed by atoms with Crippen molar-refractivity contribution < 1.29 is 22.7 Å². The fourth-order valence-electron chi connectivity index (χ4n) is 3.84. The molecular formula is C22H20F3N5O2. The number of hydrogen-bond donors (Lipinski definition) is 2. The number of aryl methyl sites for hydroxylation is 1. The highest BCUT2D eigenvalue weighted by Crippen LogP contribution is 2.51. The molecule has 1 saturated carbocycles. The molecule has 10 heteroatoms. The predicted molar refractivity (Wildman–Crippen MR) is 110 cm³/mol. The van der Waals surface area contributed by atoms with Crippen LogP contribution in [0.3, 0.4) is 0 Å². The molecule has 1 aliphatic carbocycles. The van der Waals surface area contributed by atoms with Crippen LogP contribution in [0, 0.1) is 24.1 Å². The van der Waals surface area contributed by atoms with E-state index >= 15 is 4.39 Å². The summed E-state index contributed by atoms with van der Waals surface area (Å²) < 4.78 is 50.0. The molecule has 3 N–H and O–H groups in total. The molecule has 0 saturated heterocycles. The highest BCUT2D eigenvalue weighted by atomic mass is 19.2. The van der Waals surface area contributed by atoms with E-state index in [1.807, 2.05) is 6.07 Å². The molecule has 3 atom stereocenters. The van der Waals surface area contributed by atoms with E-state index in [9.17, 15) is 13.6 Å². The van der Waals surface area contributed by atoms with Crippen LogP contribution in [0.2, 0.25) is 0 Å². The number of amidine groups is 1. The number of nitrogens with one attached hydrogen (secondary N) is 1. The monoisotopic (exact) mass is 443 g/mol. The number of hydrogen-bond acceptors (Lipinski definition) is 6. The number of ether oxygens (including phenoxy) is 1. The standard InChI is InChI=1S/C22H20F3N5O2/c1-11-7-12(9-26)10-28-16(11)19(31)29-13-3-4-15(23)14(8-13)21(2)17(24)18(22(25)5-6-22)32-20(27)30-21/h3-4,7-8,10,17-18H,5-6H2,1-2H3,(H2,27,30)(H,29,31)/t17-,18-,21+/m0/s1. The number of nitrogens with zero attached hydrogens (tertiary/aromatic N) is 3. The van der Waals surface area contributed by atoms with Gasteiger partial charge in [0.25, 0.3) is 11.9 Å². The third-order valence-corrected chi connectivity index (χ3v) is 5.82. The maximum absolute atomic E-state index is 15.4. The number of carbonyl (C=O) groups excluding carboxylic acids is 1. The van der Waals surface area contributed by atoms with Crippen molar-refractivity contribution in [2.24, 2.45) is 10.7 Å². The zero-order chi connectivity index (χ0) is 23.3. The summed E-state index contributed by atoms with van der Waals surface area (Å²) in [7, 11) is 0. The van der Waals surface area contributed by atoms with Crippen LogP contribution in [-0.2, 0) is 10.3 Å². The lowest BCUT2D eigenvalue weighted by molar-refractivity contribution is -0.0388. The van der Waals surface area contributed by atoms with Crippen LogP contribution < -0.4 is 11.1 Å². The smallest absolute Gasteiger partial charge is 0.283 e. The first kappa shape index (κ1) is 21.6. The fourth-order valence-corrected chi connectivity index (χ4v) is 3.84. The quantitative estimate of drug-likeness (QED) is 0.752. The van der Waals surface area contributed by atoms with Crippen molar-refractivity contribution in [2.75, 3.05) is 5.32 Å². The normalized spacial score (nSPS) is 25.8. The van der Waals surface area contributed by atoms with Gasteiger partial charge in [0.05, 0.1) is 5.56 Å². The number of pyridine rings is 1. The molecular weight excluding hydrogens is 423 g/mol. The molecule has 0 unspecified atom stereocenters. The second kappa shape index (κ2) is 7.51. The van der Waals surface area contributed by atoms with E-state index in [1.54, 1.807) is 6.92 Å². The van der Waals surface area contributed by atoms with Crippen LogP contribution in [0.15, 0.2) is 35.5 Å². The van der Waals surface area contributed by atoms with Crippen LogP contribution in [0.1, 0.15) is 46.9 Å². The number of aliphatic imine (C=N–C) groups is 1. The van der Waals surface area contributed by atoms with E-state index in [1.165, 1.54) is 31.3 Å². The second-order valence-corrected chi connectivity index (χ2v) is 8.22. The van der Waals surface area contributed by atoms with E-state index in [2.05, 4.69) is 15.3 Å². The SMILES string of the molecule is Cc1cc(C#N)cnc1C(=O)Nc1ccc(F)c([C@@]2(C)N=C(N)O[C@H](C3(F)CC3)[C@@H]2F)c1. The maximum Gasteiger partial charge on any atom is 0.283 e. The molecule has 0 radical (unpaired) electrons. The van der Waals surface area contributed by atoms with Crippen molar-refractivity contribution in [3.8, 4) is 6.07 Å². The van der Waals surface area contributed by atoms with Gasteiger partial charge in [-0.1, -0.05) is 0 Å². The molecule has 1 fully saturated rings. The van der Waals surface area contributed by atoms with Gasteiger partial charge in [-0.25, -0.2) is 23.1 Å². The lowest BCUT2D eigenvalue weighted by atomic mass is 9.82. The maximum atomic E-state index is 15.4. The molecule has 1 aromatic carbocycles. The molecule has 0 bridgehead atoms. The number of nitriles is 1. The lowest BCUT2D eigenvalue weighted by Crippen LogP contribution is -2.54. The topological polar surface area (TPSA) is 113 Å². The average molecular weight is 443 g/mol. The van der Waals surface area contributed by atoms with Crippen LogP contribution in [0.5, 0.6) is 0 Å². The van der Waals surface area contributed by atoms with E-state index < -0.39 is 41.2 Å². The van der Waals surface area contributed by atoms with Gasteiger partial charge < -0.3 is 15.8 Å². The van der Waals surface area contributed by atoms with E-state index in [0.29, 0.717) is 11.1 Å². The van der Waals surface area contributed by atoms with Gasteiger partial charge in [-0.15, -0.1) is 0 Å². The molecule has 0 spiro atoms. The highest BCUT2D eigenvalue weighted by Gasteiger charge is 2.62. The van der Waals surface area contributed by atoms with Gasteiger partial charge in [0.2, 0.25) is 0 Å². The molecule has 1 aliphatic heterocycles. The Balaban J connectivity index is 1.66. The van der Waals surface area contributed by atoms with Crippen LogP contribution >= 0.6 is 0 Å². The summed E-state index contributed by atoms with van der Waals surface area (Å²) in [5.41, 5.74) is 2.76. The lowest BCUT2D eigenvalue weighted by Gasteiger charge is -2.39. The number of nitrogens with two attached hydrogens (primary N) is 1. The molecule has 7 nitrogen and oxygen atoms in total. The number of amides is 1. The minimum absolute atomic E-state index is 0.0750. The first-order chi connectivity index (χ1) is 15.1. The Morgan fingerprint density at radius 3 is 2.72 bits per heavy atom. The zero-order valence-corrected chi connectivity index (χ0v) is 17.3. The fraction of sp³-hybridized carbons (Fsp3) is 0.364. The molecule has 2 aliphatic rings. The summed E-state index contributed by atoms with van der Waals surface area (Å²) in [6.45, 7) is 2.93. The Morgan fingerprint density at radius 1 is 1.38 bits per heavy atom. The first-order valence-electron chi connectivity index (χ1n) is 9.90. The van der Waals surface area contributed by atoms with E-state index in [0.717, 1.165) is 6.07 Å². The number of rotatable bonds is 4. The summed E-state index contributed by atoms with van der Waals surface area (Å²) in [5.74, 6) is -1.39. The molecule has 4 rings (SSSR count). The summed E-state index contributed by atoms with van der Waals surface area (Å²) in [6.07, 6.45) is -2.01. The Labute approximate surface area is 182 Å². The minimum atomic E-state index is -2.01. The summed E-state index contributed by atoms with van der Waals surface area (Å²) in [4.78, 5) is 20.6. The summed E-state index contributed by atoms with van der Waals surface area (Å²) in [6, 6.07) is 6.60. The Morgan fingerprint density at radius 2 is 2.09 bits per heavy atom. The molecule has 1 aromatic heterocycles. The number of anilines is 1. The van der Waals surface area contributed by atoms with Gasteiger partial charge in [0, 0.05) is 17.4 Å². The van der Waals surface area contributed by atoms with E-state index in [4.69, 9.17) is 15.7 Å². The van der Waals surface area contributed by atoms with Crippen molar-refractivity contribution in [1.29, 1.82) is 5.26 Å². The first-order valence-corrected chi connectivity index (χ1v) is 9.90. The van der Waals surface area contributed by atoms with Crippen molar-refractivity contribution in [1.82, 2.24) is 4.98 Å². The number of alkyl halides is 2. The Kier molecular flexibility index (Phi) is 5.07. The van der Waals surface area contributed by atoms with Gasteiger partial charge in [0.15, 0.2) is 17.9 Å². The minimum Gasteiger partial charge on any atom is -0.455 e. The number of halogens is 3. The van der Waals surface area contributed by atoms with Crippen molar-refractivity contribution >= 4 is 17.6 Å². The molecule has 2 heterocycles. The predicted octanol–water partition coefficient (Wildman–Crippen LogP) is 3.42. The number of aromatic nitrogens is 1. The van der Waals surface area contributed by atoms with Gasteiger partial charge in [-0.05, 0) is 56.5 Å². The third-order valence-electron chi connectivity index (χ3n) is 5.82. The molecule has 32 heavy (non-hydrogen) atoms. The van der Waals surface area contributed by atoms with Crippen molar-refractivity contribution in [3.63, 3.8) is 0 Å². The zero-order valence-electron chi connectivity index (χ0n) is 17.3. The summed E-state index contributed by atoms with van der Waals surface area (Å²) >= 11 is 0. The highest BCUT2D eigenvalue weighted by molar-refractivity contribution is 6.03. The van der Waals surface area contributed by atoms with Crippen LogP contribution in [0.25, 0.3) is 0 Å².